The van der Waals surface area contributed by atoms with Gasteiger partial charge in [0.1, 0.15) is 0 Å². The van der Waals surface area contributed by atoms with E-state index in [2.05, 4.69) is 54.3 Å². The number of carbonyl (C=O) groups is 1. The number of rotatable bonds is 4. The number of aromatic amines is 2. The number of para-hydroxylation sites is 1. The third kappa shape index (κ3) is 3.92. The van der Waals surface area contributed by atoms with E-state index >= 15 is 0 Å². The summed E-state index contributed by atoms with van der Waals surface area (Å²) >= 11 is 5.24. The highest BCUT2D eigenvalue weighted by Crippen LogP contribution is 2.33. The lowest BCUT2D eigenvalue weighted by molar-refractivity contribution is -0.117. The van der Waals surface area contributed by atoms with Crippen LogP contribution in [-0.4, -0.2) is 45.4 Å². The maximum absolute atomic E-state index is 12.6. The zero-order chi connectivity index (χ0) is 20.7. The second-order valence-corrected chi connectivity index (χ2v) is 9.49. The van der Waals surface area contributed by atoms with Crippen LogP contribution in [0.25, 0.3) is 21.3 Å². The zero-order valence-electron chi connectivity index (χ0n) is 16.1. The molecule has 0 saturated carbocycles. The Morgan fingerprint density at radius 3 is 2.70 bits per heavy atom. The number of hydrogen-bond acceptors (Lipinski definition) is 5. The molecule has 1 saturated heterocycles. The fourth-order valence-electron chi connectivity index (χ4n) is 3.95. The number of aromatic nitrogens is 3. The van der Waals surface area contributed by atoms with Gasteiger partial charge in [0.15, 0.2) is 0 Å². The van der Waals surface area contributed by atoms with Crippen LogP contribution in [0.2, 0.25) is 0 Å². The number of piperidine rings is 1. The number of carbonyl (C=O) groups excluding carboxylic acids is 1. The first-order valence-corrected chi connectivity index (χ1v) is 11.5. The molecule has 0 atom stereocenters. The second kappa shape index (κ2) is 7.98. The van der Waals surface area contributed by atoms with Crippen LogP contribution in [0.1, 0.15) is 23.8 Å². The van der Waals surface area contributed by atoms with Gasteiger partial charge in [0, 0.05) is 10.4 Å². The van der Waals surface area contributed by atoms with Gasteiger partial charge in [-0.05, 0) is 66.1 Å². The van der Waals surface area contributed by atoms with Gasteiger partial charge >= 0.3 is 5.69 Å². The van der Waals surface area contributed by atoms with Crippen molar-refractivity contribution in [3.05, 3.63) is 56.4 Å². The van der Waals surface area contributed by atoms with E-state index in [0.29, 0.717) is 29.2 Å². The van der Waals surface area contributed by atoms with Gasteiger partial charge in [-0.25, -0.2) is 9.78 Å². The number of benzene rings is 2. The molecule has 7 nitrogen and oxygen atoms in total. The minimum atomic E-state index is -0.267. The average Bonchev–Trinajstić information content (AvgIpc) is 3.31. The van der Waals surface area contributed by atoms with Crippen molar-refractivity contribution in [2.24, 2.45) is 0 Å². The standard InChI is InChI=1S/C21H20BrN5O2S/c22-13-9-16-17(26-21(29)25-16)10-15(13)23-19(28)11-27-7-5-12(6-8-27)20-24-14-3-1-2-4-18(14)30-20/h1-4,9-10,12H,5-8,11H2,(H,23,28)(H2,25,26,29). The summed E-state index contributed by atoms with van der Waals surface area (Å²) in [6, 6.07) is 11.8. The first-order valence-electron chi connectivity index (χ1n) is 9.84. The number of imidazole rings is 1. The van der Waals surface area contributed by atoms with Crippen LogP contribution < -0.4 is 11.0 Å². The summed E-state index contributed by atoms with van der Waals surface area (Å²) in [6.45, 7) is 2.10. The van der Waals surface area contributed by atoms with Crippen molar-refractivity contribution >= 4 is 60.1 Å². The van der Waals surface area contributed by atoms with Gasteiger partial charge in [-0.1, -0.05) is 12.1 Å². The van der Waals surface area contributed by atoms with Crippen molar-refractivity contribution in [3.63, 3.8) is 0 Å². The molecule has 30 heavy (non-hydrogen) atoms. The monoisotopic (exact) mass is 485 g/mol. The van der Waals surface area contributed by atoms with Crippen molar-refractivity contribution in [2.45, 2.75) is 18.8 Å². The van der Waals surface area contributed by atoms with Crippen LogP contribution in [0.15, 0.2) is 45.7 Å². The first kappa shape index (κ1) is 19.5. The van der Waals surface area contributed by atoms with Gasteiger partial charge in [0.2, 0.25) is 5.91 Å². The second-order valence-electron chi connectivity index (χ2n) is 7.58. The Bertz CT molecular complexity index is 1250. The van der Waals surface area contributed by atoms with E-state index in [1.54, 1.807) is 23.5 Å². The highest BCUT2D eigenvalue weighted by atomic mass is 79.9. The van der Waals surface area contributed by atoms with Crippen LogP contribution in [0.5, 0.6) is 0 Å². The Balaban J connectivity index is 1.19. The number of anilines is 1. The fraction of sp³-hybridized carbons (Fsp3) is 0.286. The summed E-state index contributed by atoms with van der Waals surface area (Å²) in [5, 5.41) is 4.15. The molecule has 5 rings (SSSR count). The van der Waals surface area contributed by atoms with Crippen molar-refractivity contribution < 1.29 is 4.79 Å². The highest BCUT2D eigenvalue weighted by Gasteiger charge is 2.24. The van der Waals surface area contributed by atoms with Gasteiger partial charge in [0.25, 0.3) is 0 Å². The van der Waals surface area contributed by atoms with Crippen molar-refractivity contribution in [2.75, 3.05) is 25.0 Å². The maximum Gasteiger partial charge on any atom is 0.323 e. The van der Waals surface area contributed by atoms with E-state index < -0.39 is 0 Å². The Labute approximate surface area is 184 Å². The lowest BCUT2D eigenvalue weighted by Gasteiger charge is -2.30. The molecule has 154 valence electrons. The molecule has 2 aromatic heterocycles. The predicted octanol–water partition coefficient (Wildman–Crippen LogP) is 4.05. The smallest absolute Gasteiger partial charge is 0.323 e. The molecule has 9 heteroatoms. The number of hydrogen-bond donors (Lipinski definition) is 3. The number of thiazole rings is 1. The topological polar surface area (TPSA) is 93.9 Å². The lowest BCUT2D eigenvalue weighted by atomic mass is 9.97. The quantitative estimate of drug-likeness (QED) is 0.406. The molecule has 1 fully saturated rings. The maximum atomic E-state index is 12.6. The summed E-state index contributed by atoms with van der Waals surface area (Å²) in [7, 11) is 0. The molecule has 1 amide bonds. The molecule has 1 aliphatic heterocycles. The van der Waals surface area contributed by atoms with Crippen LogP contribution >= 0.6 is 27.3 Å². The fourth-order valence-corrected chi connectivity index (χ4v) is 5.53. The summed E-state index contributed by atoms with van der Waals surface area (Å²) in [4.78, 5) is 36.4. The summed E-state index contributed by atoms with van der Waals surface area (Å²) in [5.41, 5.74) is 2.81. The number of amides is 1. The molecule has 0 aliphatic carbocycles. The summed E-state index contributed by atoms with van der Waals surface area (Å²) in [6.07, 6.45) is 2.01. The third-order valence-corrected chi connectivity index (χ3v) is 7.35. The summed E-state index contributed by atoms with van der Waals surface area (Å²) in [5.74, 6) is 0.398. The predicted molar refractivity (Wildman–Crippen MR) is 123 cm³/mol. The molecule has 4 aromatic rings. The van der Waals surface area contributed by atoms with Gasteiger partial charge in [-0.2, -0.15) is 0 Å². The molecule has 0 spiro atoms. The summed E-state index contributed by atoms with van der Waals surface area (Å²) < 4.78 is 1.97. The molecule has 3 heterocycles. The van der Waals surface area contributed by atoms with Crippen molar-refractivity contribution in [1.82, 2.24) is 19.9 Å². The van der Waals surface area contributed by atoms with Gasteiger partial charge < -0.3 is 15.3 Å². The number of likely N-dealkylation sites (tertiary alicyclic amines) is 1. The van der Waals surface area contributed by atoms with E-state index in [0.717, 1.165) is 35.9 Å². The zero-order valence-corrected chi connectivity index (χ0v) is 18.5. The SMILES string of the molecule is O=C(CN1CCC(c2nc3ccccc3s2)CC1)Nc1cc2[nH]c(=O)[nH]c2cc1Br. The lowest BCUT2D eigenvalue weighted by Crippen LogP contribution is -2.38. The molecule has 3 N–H and O–H groups in total. The Morgan fingerprint density at radius 1 is 1.20 bits per heavy atom. The normalized spacial score (nSPS) is 15.8. The average molecular weight is 486 g/mol. The van der Waals surface area contributed by atoms with Crippen molar-refractivity contribution in [1.29, 1.82) is 0 Å². The van der Waals surface area contributed by atoms with E-state index in [1.165, 1.54) is 9.71 Å². The third-order valence-electron chi connectivity index (χ3n) is 5.49. The van der Waals surface area contributed by atoms with Crippen LogP contribution in [-0.2, 0) is 4.79 Å². The van der Waals surface area contributed by atoms with Gasteiger partial charge in [-0.15, -0.1) is 11.3 Å². The molecular weight excluding hydrogens is 466 g/mol. The molecule has 0 radical (unpaired) electrons. The molecule has 0 unspecified atom stereocenters. The van der Waals surface area contributed by atoms with Crippen molar-refractivity contribution in [3.8, 4) is 0 Å². The molecule has 2 aromatic carbocycles. The van der Waals surface area contributed by atoms with Crippen LogP contribution in [0.3, 0.4) is 0 Å². The van der Waals surface area contributed by atoms with E-state index in [-0.39, 0.29) is 11.6 Å². The number of H-pyrrole nitrogens is 2. The Morgan fingerprint density at radius 2 is 1.93 bits per heavy atom. The van der Waals surface area contributed by atoms with E-state index in [4.69, 9.17) is 4.98 Å². The van der Waals surface area contributed by atoms with Crippen LogP contribution in [0, 0.1) is 0 Å². The molecule has 1 aliphatic rings. The molecular formula is C21H20BrN5O2S. The first-order chi connectivity index (χ1) is 14.5. The largest absolute Gasteiger partial charge is 0.324 e. The van der Waals surface area contributed by atoms with E-state index in [9.17, 15) is 9.59 Å². The number of nitrogens with zero attached hydrogens (tertiary/aromatic N) is 2. The molecule has 0 bridgehead atoms. The Hall–Kier alpha value is -2.49. The minimum absolute atomic E-state index is 0.0635. The number of fused-ring (bicyclic) bond motifs is 2. The minimum Gasteiger partial charge on any atom is -0.324 e. The van der Waals surface area contributed by atoms with Crippen LogP contribution in [0.4, 0.5) is 5.69 Å². The van der Waals surface area contributed by atoms with Gasteiger partial charge in [0.05, 0.1) is 38.5 Å². The number of nitrogens with one attached hydrogen (secondary N) is 3. The van der Waals surface area contributed by atoms with E-state index in [1.807, 2.05) is 6.07 Å². The van der Waals surface area contributed by atoms with Gasteiger partial charge in [-0.3, -0.25) is 9.69 Å². The number of halogens is 1. The Kier molecular flexibility index (Phi) is 5.18. The highest BCUT2D eigenvalue weighted by molar-refractivity contribution is 9.10.